The quantitative estimate of drug-likeness (QED) is 0.738. The highest BCUT2D eigenvalue weighted by molar-refractivity contribution is 5.84. The van der Waals surface area contributed by atoms with E-state index in [1.54, 1.807) is 0 Å². The van der Waals surface area contributed by atoms with Gasteiger partial charge < -0.3 is 9.47 Å². The van der Waals surface area contributed by atoms with Crippen LogP contribution in [-0.4, -0.2) is 12.7 Å². The summed E-state index contributed by atoms with van der Waals surface area (Å²) in [5.74, 6) is 0.804. The van der Waals surface area contributed by atoms with Crippen LogP contribution in [-0.2, 0) is 11.3 Å². The fourth-order valence-corrected chi connectivity index (χ4v) is 2.09. The van der Waals surface area contributed by atoms with Gasteiger partial charge >= 0.3 is 6.09 Å². The Morgan fingerprint density at radius 3 is 2.61 bits per heavy atom. The third-order valence-corrected chi connectivity index (χ3v) is 3.39. The van der Waals surface area contributed by atoms with E-state index in [4.69, 9.17) is 9.47 Å². The van der Waals surface area contributed by atoms with Crippen molar-refractivity contribution in [2.24, 2.45) is 0 Å². The SMILES string of the molecule is CCCCOC(=O)Nc1ccc(OCc2ccccc2)c(C)c1. The number of nitrogens with one attached hydrogen (secondary N) is 1. The van der Waals surface area contributed by atoms with E-state index in [0.717, 1.165) is 29.7 Å². The van der Waals surface area contributed by atoms with E-state index in [1.807, 2.05) is 55.5 Å². The maximum Gasteiger partial charge on any atom is 0.411 e. The highest BCUT2D eigenvalue weighted by Gasteiger charge is 2.06. The fourth-order valence-electron chi connectivity index (χ4n) is 2.09. The molecule has 1 N–H and O–H groups in total. The Labute approximate surface area is 137 Å². The summed E-state index contributed by atoms with van der Waals surface area (Å²) in [5.41, 5.74) is 2.79. The molecule has 1 amide bonds. The van der Waals surface area contributed by atoms with Gasteiger partial charge in [0.1, 0.15) is 12.4 Å². The number of aryl methyl sites for hydroxylation is 1. The number of amides is 1. The van der Waals surface area contributed by atoms with E-state index in [9.17, 15) is 4.79 Å². The van der Waals surface area contributed by atoms with Gasteiger partial charge in [0.15, 0.2) is 0 Å². The average molecular weight is 313 g/mol. The van der Waals surface area contributed by atoms with Gasteiger partial charge in [0.05, 0.1) is 6.61 Å². The van der Waals surface area contributed by atoms with E-state index < -0.39 is 6.09 Å². The number of rotatable bonds is 7. The minimum absolute atomic E-state index is 0.421. The molecule has 0 bridgehead atoms. The molecule has 23 heavy (non-hydrogen) atoms. The molecular weight excluding hydrogens is 290 g/mol. The lowest BCUT2D eigenvalue weighted by molar-refractivity contribution is 0.160. The monoisotopic (exact) mass is 313 g/mol. The van der Waals surface area contributed by atoms with E-state index in [0.29, 0.717) is 18.9 Å². The molecule has 0 spiro atoms. The molecule has 0 heterocycles. The maximum atomic E-state index is 11.6. The first-order valence-electron chi connectivity index (χ1n) is 7.90. The van der Waals surface area contributed by atoms with Crippen LogP contribution in [0.25, 0.3) is 0 Å². The fraction of sp³-hybridized carbons (Fsp3) is 0.316. The topological polar surface area (TPSA) is 47.6 Å². The lowest BCUT2D eigenvalue weighted by atomic mass is 10.2. The van der Waals surface area contributed by atoms with Crippen molar-refractivity contribution in [3.05, 3.63) is 59.7 Å². The molecule has 2 aromatic rings. The second-order valence-corrected chi connectivity index (χ2v) is 5.37. The van der Waals surface area contributed by atoms with Gasteiger partial charge in [0.2, 0.25) is 0 Å². The van der Waals surface area contributed by atoms with Crippen molar-refractivity contribution in [3.63, 3.8) is 0 Å². The summed E-state index contributed by atoms with van der Waals surface area (Å²) in [5, 5.41) is 2.73. The molecule has 0 saturated carbocycles. The number of unbranched alkanes of at least 4 members (excludes halogenated alkanes) is 1. The zero-order valence-electron chi connectivity index (χ0n) is 13.7. The second-order valence-electron chi connectivity index (χ2n) is 5.37. The highest BCUT2D eigenvalue weighted by atomic mass is 16.5. The summed E-state index contributed by atoms with van der Waals surface area (Å²) in [4.78, 5) is 11.6. The number of ether oxygens (including phenoxy) is 2. The summed E-state index contributed by atoms with van der Waals surface area (Å²) < 4.78 is 10.9. The van der Waals surface area contributed by atoms with Gasteiger partial charge in [-0.15, -0.1) is 0 Å². The van der Waals surface area contributed by atoms with Crippen LogP contribution in [0.3, 0.4) is 0 Å². The van der Waals surface area contributed by atoms with Crippen molar-refractivity contribution in [1.82, 2.24) is 0 Å². The van der Waals surface area contributed by atoms with Gasteiger partial charge in [-0.1, -0.05) is 43.7 Å². The first kappa shape index (κ1) is 16.9. The Kier molecular flexibility index (Phi) is 6.48. The van der Waals surface area contributed by atoms with Crippen molar-refractivity contribution in [2.75, 3.05) is 11.9 Å². The van der Waals surface area contributed by atoms with Crippen LogP contribution < -0.4 is 10.1 Å². The summed E-state index contributed by atoms with van der Waals surface area (Å²) in [6.45, 7) is 4.97. The molecule has 4 heteroatoms. The summed E-state index contributed by atoms with van der Waals surface area (Å²) in [7, 11) is 0. The Balaban J connectivity index is 1.88. The summed E-state index contributed by atoms with van der Waals surface area (Å²) >= 11 is 0. The largest absolute Gasteiger partial charge is 0.489 e. The number of carbonyl (C=O) groups excluding carboxylic acids is 1. The Morgan fingerprint density at radius 1 is 1.13 bits per heavy atom. The lowest BCUT2D eigenvalue weighted by Crippen LogP contribution is -2.14. The maximum absolute atomic E-state index is 11.6. The predicted octanol–water partition coefficient (Wildman–Crippen LogP) is 4.92. The molecular formula is C19H23NO3. The standard InChI is InChI=1S/C19H23NO3/c1-3-4-12-22-19(21)20-17-10-11-18(15(2)13-17)23-14-16-8-6-5-7-9-16/h5-11,13H,3-4,12,14H2,1-2H3,(H,20,21). The Bertz CT molecular complexity index is 626. The molecule has 2 aromatic carbocycles. The first-order valence-corrected chi connectivity index (χ1v) is 7.90. The van der Waals surface area contributed by atoms with E-state index in [1.165, 1.54) is 0 Å². The zero-order chi connectivity index (χ0) is 16.5. The minimum atomic E-state index is -0.421. The molecule has 0 aliphatic heterocycles. The van der Waals surface area contributed by atoms with Crippen molar-refractivity contribution >= 4 is 11.8 Å². The van der Waals surface area contributed by atoms with Gasteiger partial charge in [0.25, 0.3) is 0 Å². The zero-order valence-corrected chi connectivity index (χ0v) is 13.7. The van der Waals surface area contributed by atoms with E-state index >= 15 is 0 Å². The summed E-state index contributed by atoms with van der Waals surface area (Å²) in [6, 6.07) is 15.6. The minimum Gasteiger partial charge on any atom is -0.489 e. The molecule has 0 atom stereocenters. The van der Waals surface area contributed by atoms with Crippen LogP contribution in [0, 0.1) is 6.92 Å². The van der Waals surface area contributed by atoms with Crippen LogP contribution >= 0.6 is 0 Å². The van der Waals surface area contributed by atoms with Crippen LogP contribution in [0.15, 0.2) is 48.5 Å². The van der Waals surface area contributed by atoms with Crippen LogP contribution in [0.5, 0.6) is 5.75 Å². The normalized spacial score (nSPS) is 10.2. The van der Waals surface area contributed by atoms with Gasteiger partial charge in [-0.3, -0.25) is 5.32 Å². The molecule has 0 unspecified atom stereocenters. The highest BCUT2D eigenvalue weighted by Crippen LogP contribution is 2.23. The van der Waals surface area contributed by atoms with Crippen LogP contribution in [0.2, 0.25) is 0 Å². The molecule has 0 aromatic heterocycles. The number of anilines is 1. The van der Waals surface area contributed by atoms with Crippen LogP contribution in [0.1, 0.15) is 30.9 Å². The Hall–Kier alpha value is -2.49. The van der Waals surface area contributed by atoms with E-state index in [-0.39, 0.29) is 0 Å². The average Bonchev–Trinajstić information content (AvgIpc) is 2.55. The number of hydrogen-bond donors (Lipinski definition) is 1. The molecule has 4 nitrogen and oxygen atoms in total. The molecule has 122 valence electrons. The third-order valence-electron chi connectivity index (χ3n) is 3.39. The molecule has 2 rings (SSSR count). The van der Waals surface area contributed by atoms with E-state index in [2.05, 4.69) is 12.2 Å². The van der Waals surface area contributed by atoms with Gasteiger partial charge in [-0.05, 0) is 42.7 Å². The molecule has 0 aliphatic rings. The number of benzene rings is 2. The summed E-state index contributed by atoms with van der Waals surface area (Å²) in [6.07, 6.45) is 1.45. The third kappa shape index (κ3) is 5.66. The number of hydrogen-bond acceptors (Lipinski definition) is 3. The molecule has 0 aliphatic carbocycles. The molecule has 0 fully saturated rings. The Morgan fingerprint density at radius 2 is 1.91 bits per heavy atom. The molecule has 0 radical (unpaired) electrons. The lowest BCUT2D eigenvalue weighted by Gasteiger charge is -2.12. The van der Waals surface area contributed by atoms with Crippen molar-refractivity contribution < 1.29 is 14.3 Å². The van der Waals surface area contributed by atoms with Gasteiger partial charge in [0, 0.05) is 5.69 Å². The first-order chi connectivity index (χ1) is 11.2. The molecule has 0 saturated heterocycles. The van der Waals surface area contributed by atoms with Gasteiger partial charge in [-0.2, -0.15) is 0 Å². The predicted molar refractivity (Wildman–Crippen MR) is 91.8 cm³/mol. The van der Waals surface area contributed by atoms with Crippen molar-refractivity contribution in [2.45, 2.75) is 33.3 Å². The van der Waals surface area contributed by atoms with Crippen molar-refractivity contribution in [3.8, 4) is 5.75 Å². The van der Waals surface area contributed by atoms with Crippen LogP contribution in [0.4, 0.5) is 10.5 Å². The van der Waals surface area contributed by atoms with Gasteiger partial charge in [-0.25, -0.2) is 4.79 Å². The second kappa shape index (κ2) is 8.83. The number of carbonyl (C=O) groups is 1. The van der Waals surface area contributed by atoms with Crippen molar-refractivity contribution in [1.29, 1.82) is 0 Å². The smallest absolute Gasteiger partial charge is 0.411 e.